The van der Waals surface area contributed by atoms with Crippen LogP contribution in [0.2, 0.25) is 0 Å². The molecule has 0 aliphatic rings. The van der Waals surface area contributed by atoms with Gasteiger partial charge in [-0.15, -0.1) is 6.58 Å². The van der Waals surface area contributed by atoms with Gasteiger partial charge in [0.25, 0.3) is 5.91 Å². The predicted octanol–water partition coefficient (Wildman–Crippen LogP) is 1.12. The SMILES string of the molecule is C=CCNC(=O)C(C)Oc1cc(CN)ccc1[N+](=O)[O-]. The Morgan fingerprint density at radius 1 is 1.65 bits per heavy atom. The predicted molar refractivity (Wildman–Crippen MR) is 74.3 cm³/mol. The number of hydrogen-bond acceptors (Lipinski definition) is 5. The van der Waals surface area contributed by atoms with E-state index in [9.17, 15) is 14.9 Å². The molecule has 1 amide bonds. The molecule has 0 aliphatic heterocycles. The molecular weight excluding hydrogens is 262 g/mol. The van der Waals surface area contributed by atoms with E-state index < -0.39 is 11.0 Å². The third-order valence-electron chi connectivity index (χ3n) is 2.55. The van der Waals surface area contributed by atoms with Crippen molar-refractivity contribution in [2.24, 2.45) is 5.73 Å². The number of nitro groups is 1. The van der Waals surface area contributed by atoms with Gasteiger partial charge in [0, 0.05) is 19.2 Å². The first-order valence-corrected chi connectivity index (χ1v) is 6.02. The summed E-state index contributed by atoms with van der Waals surface area (Å²) in [6, 6.07) is 4.33. The first kappa shape index (κ1) is 15.6. The maximum absolute atomic E-state index is 11.7. The number of nitrogens with one attached hydrogen (secondary N) is 1. The lowest BCUT2D eigenvalue weighted by molar-refractivity contribution is -0.386. The van der Waals surface area contributed by atoms with E-state index in [1.165, 1.54) is 25.1 Å². The van der Waals surface area contributed by atoms with E-state index >= 15 is 0 Å². The van der Waals surface area contributed by atoms with Gasteiger partial charge in [-0.2, -0.15) is 0 Å². The number of benzene rings is 1. The number of ether oxygens (including phenoxy) is 1. The first-order chi connectivity index (χ1) is 9.49. The summed E-state index contributed by atoms with van der Waals surface area (Å²) in [4.78, 5) is 22.0. The van der Waals surface area contributed by atoms with Crippen LogP contribution in [0, 0.1) is 10.1 Å². The second-order valence-corrected chi connectivity index (χ2v) is 4.06. The highest BCUT2D eigenvalue weighted by Crippen LogP contribution is 2.28. The normalized spacial score (nSPS) is 11.5. The van der Waals surface area contributed by atoms with Crippen molar-refractivity contribution in [1.82, 2.24) is 5.32 Å². The molecular formula is C13H17N3O4. The van der Waals surface area contributed by atoms with Crippen LogP contribution >= 0.6 is 0 Å². The number of carbonyl (C=O) groups is 1. The molecule has 1 aromatic rings. The lowest BCUT2D eigenvalue weighted by atomic mass is 10.2. The maximum atomic E-state index is 11.7. The van der Waals surface area contributed by atoms with Gasteiger partial charge < -0.3 is 15.8 Å². The summed E-state index contributed by atoms with van der Waals surface area (Å²) in [5, 5.41) is 13.5. The van der Waals surface area contributed by atoms with Crippen molar-refractivity contribution in [2.45, 2.75) is 19.6 Å². The van der Waals surface area contributed by atoms with Crippen LogP contribution in [0.3, 0.4) is 0 Å². The van der Waals surface area contributed by atoms with E-state index in [2.05, 4.69) is 11.9 Å². The number of nitro benzene ring substituents is 1. The smallest absolute Gasteiger partial charge is 0.310 e. The van der Waals surface area contributed by atoms with Crippen molar-refractivity contribution in [3.8, 4) is 5.75 Å². The number of nitrogens with zero attached hydrogens (tertiary/aromatic N) is 1. The van der Waals surface area contributed by atoms with Gasteiger partial charge in [0.05, 0.1) is 4.92 Å². The molecule has 0 radical (unpaired) electrons. The van der Waals surface area contributed by atoms with Gasteiger partial charge in [0.1, 0.15) is 0 Å². The monoisotopic (exact) mass is 279 g/mol. The van der Waals surface area contributed by atoms with Gasteiger partial charge in [-0.3, -0.25) is 14.9 Å². The standard InChI is InChI=1S/C13H17N3O4/c1-3-6-15-13(17)9(2)20-12-7-10(8-14)4-5-11(12)16(18)19/h3-5,7,9H,1,6,8,14H2,2H3,(H,15,17). The minimum Gasteiger partial charge on any atom is -0.474 e. The number of hydrogen-bond donors (Lipinski definition) is 2. The third-order valence-corrected chi connectivity index (χ3v) is 2.55. The Balaban J connectivity index is 2.91. The van der Waals surface area contributed by atoms with E-state index in [1.54, 1.807) is 6.07 Å². The maximum Gasteiger partial charge on any atom is 0.310 e. The first-order valence-electron chi connectivity index (χ1n) is 6.02. The summed E-state index contributed by atoms with van der Waals surface area (Å²) in [6.45, 7) is 5.52. The van der Waals surface area contributed by atoms with Crippen LogP contribution in [0.15, 0.2) is 30.9 Å². The second kappa shape index (κ2) is 7.25. The molecule has 7 heteroatoms. The number of rotatable bonds is 7. The number of nitrogens with two attached hydrogens (primary N) is 1. The number of carbonyl (C=O) groups excluding carboxylic acids is 1. The Morgan fingerprint density at radius 3 is 2.90 bits per heavy atom. The van der Waals surface area contributed by atoms with E-state index in [4.69, 9.17) is 10.5 Å². The van der Waals surface area contributed by atoms with Gasteiger partial charge in [0.15, 0.2) is 11.9 Å². The summed E-state index contributed by atoms with van der Waals surface area (Å²) in [6.07, 6.45) is 0.670. The van der Waals surface area contributed by atoms with Crippen LogP contribution < -0.4 is 15.8 Å². The summed E-state index contributed by atoms with van der Waals surface area (Å²) in [5.74, 6) is -0.350. The highest BCUT2D eigenvalue weighted by atomic mass is 16.6. The molecule has 0 aromatic heterocycles. The van der Waals surface area contributed by atoms with Crippen LogP contribution in [0.1, 0.15) is 12.5 Å². The molecule has 7 nitrogen and oxygen atoms in total. The van der Waals surface area contributed by atoms with Crippen molar-refractivity contribution in [3.05, 3.63) is 46.5 Å². The van der Waals surface area contributed by atoms with E-state index in [0.717, 1.165) is 0 Å². The second-order valence-electron chi connectivity index (χ2n) is 4.06. The fourth-order valence-corrected chi connectivity index (χ4v) is 1.49. The molecule has 1 atom stereocenters. The summed E-state index contributed by atoms with van der Waals surface area (Å²) in [7, 11) is 0. The quantitative estimate of drug-likeness (QED) is 0.442. The summed E-state index contributed by atoms with van der Waals surface area (Å²) in [5.41, 5.74) is 5.97. The zero-order valence-electron chi connectivity index (χ0n) is 11.2. The topological polar surface area (TPSA) is 107 Å². The van der Waals surface area contributed by atoms with Crippen LogP contribution in [-0.2, 0) is 11.3 Å². The van der Waals surface area contributed by atoms with Gasteiger partial charge in [0.2, 0.25) is 0 Å². The van der Waals surface area contributed by atoms with Crippen LogP contribution in [-0.4, -0.2) is 23.5 Å². The lowest BCUT2D eigenvalue weighted by Gasteiger charge is -2.14. The fraction of sp³-hybridized carbons (Fsp3) is 0.308. The average molecular weight is 279 g/mol. The van der Waals surface area contributed by atoms with Crippen molar-refractivity contribution in [1.29, 1.82) is 0 Å². The molecule has 0 bridgehead atoms. The molecule has 0 heterocycles. The molecule has 0 fully saturated rings. The van der Waals surface area contributed by atoms with Gasteiger partial charge in [-0.25, -0.2) is 0 Å². The number of amides is 1. The molecule has 3 N–H and O–H groups in total. The Morgan fingerprint density at radius 2 is 2.35 bits per heavy atom. The molecule has 1 aromatic carbocycles. The molecule has 0 spiro atoms. The molecule has 1 unspecified atom stereocenters. The molecule has 20 heavy (non-hydrogen) atoms. The van der Waals surface area contributed by atoms with Gasteiger partial charge in [-0.1, -0.05) is 12.1 Å². The Bertz CT molecular complexity index is 516. The minimum atomic E-state index is -0.860. The zero-order valence-corrected chi connectivity index (χ0v) is 11.2. The van der Waals surface area contributed by atoms with Gasteiger partial charge in [-0.05, 0) is 18.6 Å². The largest absolute Gasteiger partial charge is 0.474 e. The van der Waals surface area contributed by atoms with E-state index in [0.29, 0.717) is 12.1 Å². The highest BCUT2D eigenvalue weighted by Gasteiger charge is 2.21. The van der Waals surface area contributed by atoms with Crippen molar-refractivity contribution < 1.29 is 14.5 Å². The average Bonchev–Trinajstić information content (AvgIpc) is 2.44. The highest BCUT2D eigenvalue weighted by molar-refractivity contribution is 5.81. The van der Waals surface area contributed by atoms with E-state index in [1.807, 2.05) is 0 Å². The van der Waals surface area contributed by atoms with Crippen molar-refractivity contribution in [2.75, 3.05) is 6.54 Å². The van der Waals surface area contributed by atoms with Crippen LogP contribution in [0.25, 0.3) is 0 Å². The lowest BCUT2D eigenvalue weighted by Crippen LogP contribution is -2.36. The van der Waals surface area contributed by atoms with Crippen molar-refractivity contribution >= 4 is 11.6 Å². The molecule has 108 valence electrons. The zero-order chi connectivity index (χ0) is 15.1. The van der Waals surface area contributed by atoms with Crippen molar-refractivity contribution in [3.63, 3.8) is 0 Å². The summed E-state index contributed by atoms with van der Waals surface area (Å²) >= 11 is 0. The molecule has 0 aliphatic carbocycles. The van der Waals surface area contributed by atoms with E-state index in [-0.39, 0.29) is 23.9 Å². The van der Waals surface area contributed by atoms with Crippen LogP contribution in [0.4, 0.5) is 5.69 Å². The van der Waals surface area contributed by atoms with Crippen LogP contribution in [0.5, 0.6) is 5.75 Å². The summed E-state index contributed by atoms with van der Waals surface area (Å²) < 4.78 is 5.36. The van der Waals surface area contributed by atoms with Gasteiger partial charge >= 0.3 is 5.69 Å². The Hall–Kier alpha value is -2.41. The molecule has 1 rings (SSSR count). The molecule has 0 saturated carbocycles. The molecule has 0 saturated heterocycles. The minimum absolute atomic E-state index is 0.0270. The third kappa shape index (κ3) is 4.06. The fourth-order valence-electron chi connectivity index (χ4n) is 1.49. The Kier molecular flexibility index (Phi) is 5.67. The Labute approximate surface area is 116 Å².